The minimum absolute atomic E-state index is 0.442. The van der Waals surface area contributed by atoms with Crippen LogP contribution >= 0.6 is 0 Å². The maximum absolute atomic E-state index is 10.8. The van der Waals surface area contributed by atoms with E-state index in [1.54, 1.807) is 6.08 Å². The third-order valence-corrected chi connectivity index (χ3v) is 3.76. The van der Waals surface area contributed by atoms with Gasteiger partial charge in [0.1, 0.15) is 5.65 Å². The van der Waals surface area contributed by atoms with Crippen LogP contribution in [0.15, 0.2) is 30.5 Å². The summed E-state index contributed by atoms with van der Waals surface area (Å²) in [5, 5.41) is 8.86. The predicted molar refractivity (Wildman–Crippen MR) is 77.9 cm³/mol. The summed E-state index contributed by atoms with van der Waals surface area (Å²) in [5.74, 6) is -0.0741. The molecule has 1 N–H and O–H groups in total. The number of fused-ring (bicyclic) bond motifs is 1. The average molecular weight is 271 g/mol. The van der Waals surface area contributed by atoms with Crippen LogP contribution in [0.2, 0.25) is 0 Å². The van der Waals surface area contributed by atoms with Crippen LogP contribution in [0.25, 0.3) is 11.7 Å². The lowest BCUT2D eigenvalue weighted by Gasteiger charge is -2.21. The molecule has 1 aliphatic heterocycles. The zero-order chi connectivity index (χ0) is 14.1. The van der Waals surface area contributed by atoms with Crippen molar-refractivity contribution in [1.82, 2.24) is 9.38 Å². The molecule has 0 aliphatic carbocycles. The highest BCUT2D eigenvalue weighted by atomic mass is 16.4. The summed E-state index contributed by atoms with van der Waals surface area (Å²) in [5.41, 5.74) is 1.67. The molecule has 3 heterocycles. The lowest BCUT2D eigenvalue weighted by molar-refractivity contribution is -0.131. The Kier molecular flexibility index (Phi) is 3.18. The Morgan fingerprint density at radius 2 is 2.35 bits per heavy atom. The maximum atomic E-state index is 10.8. The molecular formula is C15H17N3O2. The van der Waals surface area contributed by atoms with Gasteiger partial charge in [0.25, 0.3) is 0 Å². The normalized spacial score (nSPS) is 19.2. The molecule has 5 heteroatoms. The molecule has 1 unspecified atom stereocenters. The Morgan fingerprint density at radius 1 is 1.50 bits per heavy atom. The number of rotatable bonds is 3. The number of carboxylic acid groups (broad SMARTS) is 1. The molecule has 0 radical (unpaired) electrons. The summed E-state index contributed by atoms with van der Waals surface area (Å²) >= 11 is 0. The van der Waals surface area contributed by atoms with Crippen molar-refractivity contribution in [3.05, 3.63) is 36.2 Å². The third-order valence-electron chi connectivity index (χ3n) is 3.76. The van der Waals surface area contributed by atoms with Gasteiger partial charge < -0.3 is 10.0 Å². The van der Waals surface area contributed by atoms with Gasteiger partial charge in [-0.2, -0.15) is 0 Å². The number of nitrogens with zero attached hydrogens (tertiary/aromatic N) is 3. The van der Waals surface area contributed by atoms with E-state index in [1.165, 1.54) is 6.08 Å². The van der Waals surface area contributed by atoms with Gasteiger partial charge in [-0.1, -0.05) is 6.07 Å². The van der Waals surface area contributed by atoms with Crippen molar-refractivity contribution in [2.24, 2.45) is 0 Å². The molecule has 104 valence electrons. The summed E-state index contributed by atoms with van der Waals surface area (Å²) < 4.78 is 1.93. The number of imidazole rings is 1. The van der Waals surface area contributed by atoms with Crippen molar-refractivity contribution in [2.75, 3.05) is 11.4 Å². The molecule has 0 aromatic carbocycles. The first-order valence-electron chi connectivity index (χ1n) is 6.81. The van der Waals surface area contributed by atoms with Crippen LogP contribution in [0.1, 0.15) is 25.5 Å². The van der Waals surface area contributed by atoms with Gasteiger partial charge in [0, 0.05) is 24.9 Å². The first-order valence-corrected chi connectivity index (χ1v) is 6.81. The average Bonchev–Trinajstić information content (AvgIpc) is 2.99. The fraction of sp³-hybridized carbons (Fsp3) is 0.333. The second kappa shape index (κ2) is 5.00. The van der Waals surface area contributed by atoms with Crippen LogP contribution in [-0.2, 0) is 4.79 Å². The number of anilines is 1. The molecule has 0 amide bonds. The summed E-state index contributed by atoms with van der Waals surface area (Å²) in [6.45, 7) is 3.15. The number of aliphatic carboxylic acids is 1. The molecule has 1 saturated heterocycles. The highest BCUT2D eigenvalue weighted by Gasteiger charge is 2.25. The Labute approximate surface area is 117 Å². The summed E-state index contributed by atoms with van der Waals surface area (Å²) in [6, 6.07) is 6.23. The van der Waals surface area contributed by atoms with Crippen LogP contribution in [0.5, 0.6) is 0 Å². The number of carboxylic acids is 1. The van der Waals surface area contributed by atoms with Crippen LogP contribution in [-0.4, -0.2) is 33.0 Å². The van der Waals surface area contributed by atoms with Crippen molar-refractivity contribution in [3.63, 3.8) is 0 Å². The van der Waals surface area contributed by atoms with E-state index in [0.29, 0.717) is 6.04 Å². The maximum Gasteiger partial charge on any atom is 0.328 e. The molecule has 2 aromatic heterocycles. The van der Waals surface area contributed by atoms with Gasteiger partial charge in [-0.3, -0.25) is 4.40 Å². The van der Waals surface area contributed by atoms with Crippen molar-refractivity contribution in [1.29, 1.82) is 0 Å². The van der Waals surface area contributed by atoms with Gasteiger partial charge >= 0.3 is 5.97 Å². The first kappa shape index (κ1) is 12.7. The molecule has 0 spiro atoms. The molecule has 5 nitrogen and oxygen atoms in total. The monoisotopic (exact) mass is 271 g/mol. The Bertz CT molecular complexity index is 675. The van der Waals surface area contributed by atoms with Crippen LogP contribution in [0.3, 0.4) is 0 Å². The van der Waals surface area contributed by atoms with E-state index in [2.05, 4.69) is 16.8 Å². The van der Waals surface area contributed by atoms with Crippen LogP contribution in [0.4, 0.5) is 5.82 Å². The van der Waals surface area contributed by atoms with E-state index in [9.17, 15) is 4.79 Å². The lowest BCUT2D eigenvalue weighted by atomic mass is 10.2. The second-order valence-electron chi connectivity index (χ2n) is 5.11. The molecule has 1 atom stereocenters. The van der Waals surface area contributed by atoms with Gasteiger partial charge in [-0.05, 0) is 38.0 Å². The quantitative estimate of drug-likeness (QED) is 0.871. The summed E-state index contributed by atoms with van der Waals surface area (Å²) in [4.78, 5) is 17.7. The molecule has 3 rings (SSSR count). The minimum Gasteiger partial charge on any atom is -0.478 e. The zero-order valence-electron chi connectivity index (χ0n) is 11.4. The standard InChI is InChI=1S/C15H17N3O2/c1-11-5-4-10-17(11)15-12(7-8-14(19)20)18-9-3-2-6-13(18)16-15/h2-3,6-9,11H,4-5,10H2,1H3,(H,19,20)/b8-7+. The molecular weight excluding hydrogens is 254 g/mol. The zero-order valence-corrected chi connectivity index (χ0v) is 11.4. The topological polar surface area (TPSA) is 57.8 Å². The van der Waals surface area contributed by atoms with Gasteiger partial charge in [-0.25, -0.2) is 9.78 Å². The lowest BCUT2D eigenvalue weighted by Crippen LogP contribution is -2.27. The molecule has 0 saturated carbocycles. The predicted octanol–water partition coefficient (Wildman–Crippen LogP) is 2.42. The summed E-state index contributed by atoms with van der Waals surface area (Å²) in [6.07, 6.45) is 7.00. The third kappa shape index (κ3) is 2.15. The number of carbonyl (C=O) groups is 1. The largest absolute Gasteiger partial charge is 0.478 e. The Hall–Kier alpha value is -2.30. The van der Waals surface area contributed by atoms with Crippen molar-refractivity contribution in [3.8, 4) is 0 Å². The van der Waals surface area contributed by atoms with Gasteiger partial charge in [0.05, 0.1) is 5.69 Å². The van der Waals surface area contributed by atoms with Gasteiger partial charge in [0.15, 0.2) is 5.82 Å². The molecule has 20 heavy (non-hydrogen) atoms. The Morgan fingerprint density at radius 3 is 3.05 bits per heavy atom. The highest BCUT2D eigenvalue weighted by molar-refractivity contribution is 5.86. The number of hydrogen-bond acceptors (Lipinski definition) is 3. The van der Waals surface area contributed by atoms with E-state index in [-0.39, 0.29) is 0 Å². The smallest absolute Gasteiger partial charge is 0.328 e. The van der Waals surface area contributed by atoms with E-state index >= 15 is 0 Å². The number of pyridine rings is 1. The van der Waals surface area contributed by atoms with E-state index in [4.69, 9.17) is 5.11 Å². The fourth-order valence-corrected chi connectivity index (χ4v) is 2.77. The Balaban J connectivity index is 2.14. The van der Waals surface area contributed by atoms with E-state index in [0.717, 1.165) is 36.5 Å². The molecule has 1 fully saturated rings. The van der Waals surface area contributed by atoms with Gasteiger partial charge in [0.2, 0.25) is 0 Å². The fourth-order valence-electron chi connectivity index (χ4n) is 2.77. The van der Waals surface area contributed by atoms with Crippen LogP contribution in [0, 0.1) is 0 Å². The SMILES string of the molecule is CC1CCCN1c1nc2ccccn2c1/C=C/C(=O)O. The number of aromatic nitrogens is 2. The van der Waals surface area contributed by atoms with Gasteiger partial charge in [-0.15, -0.1) is 0 Å². The molecule has 2 aromatic rings. The van der Waals surface area contributed by atoms with Crippen molar-refractivity contribution in [2.45, 2.75) is 25.8 Å². The summed E-state index contributed by atoms with van der Waals surface area (Å²) in [7, 11) is 0. The molecule has 0 bridgehead atoms. The van der Waals surface area contributed by atoms with E-state index < -0.39 is 5.97 Å². The highest BCUT2D eigenvalue weighted by Crippen LogP contribution is 2.29. The molecule has 1 aliphatic rings. The second-order valence-corrected chi connectivity index (χ2v) is 5.11. The van der Waals surface area contributed by atoms with Crippen molar-refractivity contribution >= 4 is 23.5 Å². The minimum atomic E-state index is -0.948. The first-order chi connectivity index (χ1) is 9.66. The van der Waals surface area contributed by atoms with Crippen molar-refractivity contribution < 1.29 is 9.90 Å². The van der Waals surface area contributed by atoms with E-state index in [1.807, 2.05) is 28.8 Å². The number of hydrogen-bond donors (Lipinski definition) is 1. The van der Waals surface area contributed by atoms with Crippen LogP contribution < -0.4 is 4.90 Å².